The third-order valence-electron chi connectivity index (χ3n) is 4.42. The Balaban J connectivity index is 1.94. The summed E-state index contributed by atoms with van der Waals surface area (Å²) in [5.74, 6) is 1.54. The van der Waals surface area contributed by atoms with Crippen LogP contribution in [-0.4, -0.2) is 25.7 Å². The van der Waals surface area contributed by atoms with Crippen LogP contribution in [0, 0.1) is 0 Å². The summed E-state index contributed by atoms with van der Waals surface area (Å²) in [5.41, 5.74) is 4.47. The molecule has 0 spiro atoms. The summed E-state index contributed by atoms with van der Waals surface area (Å²) in [6.07, 6.45) is 0.961. The number of hydrogen-bond acceptors (Lipinski definition) is 4. The lowest BCUT2D eigenvalue weighted by atomic mass is 9.89. The molecule has 2 aromatic rings. The summed E-state index contributed by atoms with van der Waals surface area (Å²) in [6, 6.07) is 12.3. The molecule has 0 aromatic heterocycles. The number of ether oxygens (including phenoxy) is 2. The van der Waals surface area contributed by atoms with Crippen LogP contribution >= 0.6 is 0 Å². The van der Waals surface area contributed by atoms with E-state index in [2.05, 4.69) is 34.9 Å². The highest BCUT2D eigenvalue weighted by Gasteiger charge is 2.24. The number of amides is 1. The van der Waals surface area contributed by atoms with Crippen molar-refractivity contribution in [2.45, 2.75) is 33.2 Å². The minimum absolute atomic E-state index is 0.0660. The van der Waals surface area contributed by atoms with Crippen molar-refractivity contribution in [1.29, 1.82) is 0 Å². The topological polar surface area (TPSA) is 59.6 Å². The van der Waals surface area contributed by atoms with Gasteiger partial charge in [0.15, 0.2) is 11.5 Å². The van der Waals surface area contributed by atoms with Crippen LogP contribution in [0.4, 0.5) is 5.69 Å². The molecular weight excluding hydrogens is 328 g/mol. The van der Waals surface area contributed by atoms with E-state index in [1.807, 2.05) is 26.0 Å². The third-order valence-corrected chi connectivity index (χ3v) is 4.42. The first-order chi connectivity index (χ1) is 12.6. The van der Waals surface area contributed by atoms with Crippen molar-refractivity contribution in [3.63, 3.8) is 0 Å². The molecule has 0 saturated carbocycles. The van der Waals surface area contributed by atoms with Crippen molar-refractivity contribution in [1.82, 2.24) is 5.32 Å². The molecule has 0 radical (unpaired) electrons. The number of nitrogens with one attached hydrogen (secondary N) is 2. The van der Waals surface area contributed by atoms with Gasteiger partial charge >= 0.3 is 0 Å². The second-order valence-electron chi connectivity index (χ2n) is 6.30. The number of rotatable bonds is 6. The van der Waals surface area contributed by atoms with Gasteiger partial charge in [-0.05, 0) is 61.2 Å². The molecule has 0 fully saturated rings. The molecule has 0 aliphatic carbocycles. The summed E-state index contributed by atoms with van der Waals surface area (Å²) >= 11 is 0. The van der Waals surface area contributed by atoms with Crippen LogP contribution in [0.2, 0.25) is 0 Å². The van der Waals surface area contributed by atoms with E-state index in [1.54, 1.807) is 0 Å². The maximum atomic E-state index is 11.2. The monoisotopic (exact) mass is 354 g/mol. The Morgan fingerprint density at radius 1 is 1.12 bits per heavy atom. The predicted molar refractivity (Wildman–Crippen MR) is 103 cm³/mol. The summed E-state index contributed by atoms with van der Waals surface area (Å²) in [6.45, 7) is 7.60. The van der Waals surface area contributed by atoms with Crippen LogP contribution in [0.1, 0.15) is 43.5 Å². The van der Waals surface area contributed by atoms with E-state index in [9.17, 15) is 4.79 Å². The summed E-state index contributed by atoms with van der Waals surface area (Å²) in [7, 11) is 0. The van der Waals surface area contributed by atoms with Crippen LogP contribution in [0.25, 0.3) is 0 Å². The molecule has 1 amide bonds. The normalized spacial score (nSPS) is 15.9. The lowest BCUT2D eigenvalue weighted by Gasteiger charge is -2.29. The van der Waals surface area contributed by atoms with Gasteiger partial charge in [0, 0.05) is 19.2 Å². The van der Waals surface area contributed by atoms with E-state index >= 15 is 0 Å². The first kappa shape index (κ1) is 18.3. The highest BCUT2D eigenvalue weighted by molar-refractivity contribution is 5.88. The quantitative estimate of drug-likeness (QED) is 0.831. The second-order valence-corrected chi connectivity index (χ2v) is 6.30. The molecule has 5 nitrogen and oxygen atoms in total. The Morgan fingerprint density at radius 2 is 1.77 bits per heavy atom. The number of carbonyl (C=O) groups excluding carboxylic acids is 1. The number of anilines is 1. The average Bonchev–Trinajstić information content (AvgIpc) is 2.62. The van der Waals surface area contributed by atoms with Crippen molar-refractivity contribution in [2.75, 3.05) is 25.1 Å². The molecule has 1 unspecified atom stereocenters. The van der Waals surface area contributed by atoms with Crippen molar-refractivity contribution < 1.29 is 14.3 Å². The van der Waals surface area contributed by atoms with Crippen LogP contribution in [0.3, 0.4) is 0 Å². The van der Waals surface area contributed by atoms with E-state index in [0.29, 0.717) is 13.2 Å². The zero-order valence-electron chi connectivity index (χ0n) is 15.6. The van der Waals surface area contributed by atoms with Gasteiger partial charge in [0.2, 0.25) is 5.91 Å². The number of benzene rings is 2. The highest BCUT2D eigenvalue weighted by Crippen LogP contribution is 2.38. The molecule has 5 heteroatoms. The fraction of sp³-hybridized carbons (Fsp3) is 0.381. The van der Waals surface area contributed by atoms with Gasteiger partial charge < -0.3 is 20.1 Å². The molecule has 26 heavy (non-hydrogen) atoms. The first-order valence-electron chi connectivity index (χ1n) is 9.15. The van der Waals surface area contributed by atoms with E-state index in [-0.39, 0.29) is 11.9 Å². The molecule has 2 aromatic carbocycles. The van der Waals surface area contributed by atoms with Gasteiger partial charge in [-0.2, -0.15) is 0 Å². The predicted octanol–water partition coefficient (Wildman–Crippen LogP) is 3.68. The van der Waals surface area contributed by atoms with Crippen LogP contribution in [0.15, 0.2) is 36.4 Å². The van der Waals surface area contributed by atoms with Gasteiger partial charge in [-0.1, -0.05) is 12.1 Å². The molecule has 1 heterocycles. The van der Waals surface area contributed by atoms with E-state index in [1.165, 1.54) is 18.1 Å². The molecule has 1 aliphatic heterocycles. The Hall–Kier alpha value is -2.53. The Morgan fingerprint density at radius 3 is 2.38 bits per heavy atom. The average molecular weight is 354 g/mol. The van der Waals surface area contributed by atoms with Crippen molar-refractivity contribution in [3.05, 3.63) is 53.1 Å². The molecule has 3 rings (SSSR count). The van der Waals surface area contributed by atoms with Crippen LogP contribution in [-0.2, 0) is 11.2 Å². The van der Waals surface area contributed by atoms with Crippen LogP contribution in [0.5, 0.6) is 11.5 Å². The molecular formula is C21H26N2O3. The van der Waals surface area contributed by atoms with Crippen molar-refractivity contribution in [3.8, 4) is 11.5 Å². The van der Waals surface area contributed by atoms with Crippen molar-refractivity contribution in [2.24, 2.45) is 0 Å². The lowest BCUT2D eigenvalue weighted by Crippen LogP contribution is -2.30. The van der Waals surface area contributed by atoms with Gasteiger partial charge in [-0.15, -0.1) is 0 Å². The zero-order chi connectivity index (χ0) is 18.5. The van der Waals surface area contributed by atoms with Gasteiger partial charge in [0.05, 0.1) is 19.3 Å². The highest BCUT2D eigenvalue weighted by atomic mass is 16.5. The van der Waals surface area contributed by atoms with Gasteiger partial charge in [0.25, 0.3) is 0 Å². The van der Waals surface area contributed by atoms with Gasteiger partial charge in [-0.3, -0.25) is 4.79 Å². The largest absolute Gasteiger partial charge is 0.490 e. The lowest BCUT2D eigenvalue weighted by molar-refractivity contribution is -0.114. The van der Waals surface area contributed by atoms with E-state index in [4.69, 9.17) is 9.47 Å². The summed E-state index contributed by atoms with van der Waals surface area (Å²) in [4.78, 5) is 11.2. The summed E-state index contributed by atoms with van der Waals surface area (Å²) in [5, 5.41) is 6.39. The maximum Gasteiger partial charge on any atom is 0.221 e. The molecule has 0 bridgehead atoms. The van der Waals surface area contributed by atoms with Crippen molar-refractivity contribution >= 4 is 11.6 Å². The molecule has 1 aliphatic rings. The number of hydrogen-bond donors (Lipinski definition) is 2. The fourth-order valence-electron chi connectivity index (χ4n) is 3.36. The molecule has 1 atom stereocenters. The SMILES string of the molecule is CCOc1cc2c(cc1OCC)C(c1ccc(NC(C)=O)cc1)NCC2. The maximum absolute atomic E-state index is 11.2. The molecule has 0 saturated heterocycles. The minimum Gasteiger partial charge on any atom is -0.490 e. The molecule has 138 valence electrons. The zero-order valence-corrected chi connectivity index (χ0v) is 15.6. The number of carbonyl (C=O) groups is 1. The number of fused-ring (bicyclic) bond motifs is 1. The Kier molecular flexibility index (Phi) is 5.78. The van der Waals surface area contributed by atoms with Gasteiger partial charge in [-0.25, -0.2) is 0 Å². The smallest absolute Gasteiger partial charge is 0.221 e. The Bertz CT molecular complexity index is 772. The summed E-state index contributed by atoms with van der Waals surface area (Å²) < 4.78 is 11.6. The van der Waals surface area contributed by atoms with E-state index in [0.717, 1.165) is 35.7 Å². The van der Waals surface area contributed by atoms with Crippen LogP contribution < -0.4 is 20.1 Å². The standard InChI is InChI=1S/C21H26N2O3/c1-4-25-19-12-16-10-11-22-21(18(16)13-20(19)26-5-2)15-6-8-17(9-7-15)23-14(3)24/h6-9,12-13,21-22H,4-5,10-11H2,1-3H3,(H,23,24). The Labute approximate surface area is 154 Å². The minimum atomic E-state index is -0.0660. The third kappa shape index (κ3) is 3.99. The molecule has 2 N–H and O–H groups in total. The second kappa shape index (κ2) is 8.23. The van der Waals surface area contributed by atoms with E-state index < -0.39 is 0 Å². The first-order valence-corrected chi connectivity index (χ1v) is 9.15. The fourth-order valence-corrected chi connectivity index (χ4v) is 3.36. The van der Waals surface area contributed by atoms with Gasteiger partial charge in [0.1, 0.15) is 0 Å².